The van der Waals surface area contributed by atoms with Gasteiger partial charge in [0.25, 0.3) is 5.91 Å². The molecule has 3 aromatic carbocycles. The molecule has 0 aliphatic carbocycles. The highest BCUT2D eigenvalue weighted by molar-refractivity contribution is 5.94. The van der Waals surface area contributed by atoms with Gasteiger partial charge in [-0.05, 0) is 41.5 Å². The fourth-order valence-corrected chi connectivity index (χ4v) is 2.70. The quantitative estimate of drug-likeness (QED) is 0.424. The van der Waals surface area contributed by atoms with Gasteiger partial charge in [-0.25, -0.2) is 0 Å². The van der Waals surface area contributed by atoms with Crippen molar-refractivity contribution < 1.29 is 14.3 Å². The maximum Gasteiger partial charge on any atom is 0.251 e. The first-order valence-electron chi connectivity index (χ1n) is 9.77. The average Bonchev–Trinajstić information content (AvgIpc) is 2.81. The fraction of sp³-hybridized carbons (Fsp3) is 0.120. The molecular formula is C25H24N2O3. The van der Waals surface area contributed by atoms with Crippen LogP contribution >= 0.6 is 0 Å². The zero-order valence-electron chi connectivity index (χ0n) is 16.6. The first kappa shape index (κ1) is 20.9. The molecule has 30 heavy (non-hydrogen) atoms. The van der Waals surface area contributed by atoms with Crippen LogP contribution in [-0.4, -0.2) is 24.9 Å². The third-order valence-electron chi connectivity index (χ3n) is 4.30. The minimum atomic E-state index is -0.214. The van der Waals surface area contributed by atoms with Crippen LogP contribution < -0.4 is 15.4 Å². The molecule has 0 aliphatic heterocycles. The second kappa shape index (κ2) is 11.2. The second-order valence-corrected chi connectivity index (χ2v) is 6.59. The summed E-state index contributed by atoms with van der Waals surface area (Å²) in [6.07, 6.45) is 3.21. The van der Waals surface area contributed by atoms with Gasteiger partial charge in [0, 0.05) is 24.7 Å². The normalized spacial score (nSPS) is 10.5. The average molecular weight is 400 g/mol. The number of amides is 2. The Morgan fingerprint density at radius 2 is 1.40 bits per heavy atom. The Morgan fingerprint density at radius 3 is 2.10 bits per heavy atom. The van der Waals surface area contributed by atoms with Crippen molar-refractivity contribution in [2.75, 3.05) is 13.1 Å². The lowest BCUT2D eigenvalue weighted by Gasteiger charge is -2.06. The summed E-state index contributed by atoms with van der Waals surface area (Å²) in [6.45, 7) is 1.23. The molecular weight excluding hydrogens is 376 g/mol. The molecule has 5 heteroatoms. The van der Waals surface area contributed by atoms with Crippen LogP contribution in [-0.2, 0) is 11.4 Å². The molecule has 0 aromatic heterocycles. The fourth-order valence-electron chi connectivity index (χ4n) is 2.70. The van der Waals surface area contributed by atoms with E-state index in [-0.39, 0.29) is 11.8 Å². The molecule has 0 heterocycles. The molecule has 0 saturated heterocycles. The zero-order chi connectivity index (χ0) is 21.0. The van der Waals surface area contributed by atoms with Crippen LogP contribution in [0.5, 0.6) is 5.75 Å². The Morgan fingerprint density at radius 1 is 0.767 bits per heavy atom. The maximum absolute atomic E-state index is 11.9. The van der Waals surface area contributed by atoms with Crippen LogP contribution in [0.15, 0.2) is 91.0 Å². The van der Waals surface area contributed by atoms with E-state index < -0.39 is 0 Å². The minimum absolute atomic E-state index is 0.157. The van der Waals surface area contributed by atoms with Crippen LogP contribution in [0.1, 0.15) is 21.5 Å². The number of carbonyl (C=O) groups is 2. The van der Waals surface area contributed by atoms with Gasteiger partial charge in [-0.2, -0.15) is 0 Å². The highest BCUT2D eigenvalue weighted by atomic mass is 16.5. The largest absolute Gasteiger partial charge is 0.489 e. The third-order valence-corrected chi connectivity index (χ3v) is 4.30. The number of rotatable bonds is 9. The highest BCUT2D eigenvalue weighted by Gasteiger charge is 2.03. The lowest BCUT2D eigenvalue weighted by molar-refractivity contribution is -0.116. The predicted molar refractivity (Wildman–Crippen MR) is 118 cm³/mol. The molecule has 0 radical (unpaired) electrons. The number of hydrogen-bond acceptors (Lipinski definition) is 3. The molecule has 5 nitrogen and oxygen atoms in total. The van der Waals surface area contributed by atoms with Crippen LogP contribution in [0.25, 0.3) is 6.08 Å². The number of ether oxygens (including phenoxy) is 1. The van der Waals surface area contributed by atoms with Gasteiger partial charge in [0.05, 0.1) is 0 Å². The minimum Gasteiger partial charge on any atom is -0.489 e. The lowest BCUT2D eigenvalue weighted by Crippen LogP contribution is -2.33. The summed E-state index contributed by atoms with van der Waals surface area (Å²) < 4.78 is 5.75. The van der Waals surface area contributed by atoms with Gasteiger partial charge in [-0.1, -0.05) is 60.7 Å². The smallest absolute Gasteiger partial charge is 0.251 e. The Hall–Kier alpha value is -3.86. The van der Waals surface area contributed by atoms with Gasteiger partial charge < -0.3 is 15.4 Å². The van der Waals surface area contributed by atoms with Crippen LogP contribution in [0.3, 0.4) is 0 Å². The molecule has 0 unspecified atom stereocenters. The molecule has 0 fully saturated rings. The molecule has 0 aliphatic rings. The Bertz CT molecular complexity index is 968. The van der Waals surface area contributed by atoms with E-state index in [1.165, 1.54) is 6.08 Å². The van der Waals surface area contributed by atoms with Crippen molar-refractivity contribution in [2.24, 2.45) is 0 Å². The van der Waals surface area contributed by atoms with Gasteiger partial charge in [0.2, 0.25) is 5.91 Å². The van der Waals surface area contributed by atoms with Gasteiger partial charge in [0.1, 0.15) is 12.4 Å². The topological polar surface area (TPSA) is 67.4 Å². The molecule has 0 spiro atoms. The molecule has 2 amide bonds. The highest BCUT2D eigenvalue weighted by Crippen LogP contribution is 2.15. The maximum atomic E-state index is 11.9. The van der Waals surface area contributed by atoms with Crippen molar-refractivity contribution in [3.05, 3.63) is 108 Å². The van der Waals surface area contributed by atoms with Crippen LogP contribution in [0.2, 0.25) is 0 Å². The van der Waals surface area contributed by atoms with E-state index in [0.29, 0.717) is 25.3 Å². The van der Waals surface area contributed by atoms with Gasteiger partial charge >= 0.3 is 0 Å². The van der Waals surface area contributed by atoms with Crippen molar-refractivity contribution in [2.45, 2.75) is 6.61 Å². The first-order chi connectivity index (χ1) is 14.7. The van der Waals surface area contributed by atoms with Crippen molar-refractivity contribution in [1.82, 2.24) is 10.6 Å². The molecule has 3 aromatic rings. The summed E-state index contributed by atoms with van der Waals surface area (Å²) in [7, 11) is 0. The SMILES string of the molecule is O=C(/C=C/c1ccc(OCc2ccccc2)cc1)NCCNC(=O)c1ccccc1. The second-order valence-electron chi connectivity index (χ2n) is 6.59. The first-order valence-corrected chi connectivity index (χ1v) is 9.77. The molecule has 2 N–H and O–H groups in total. The number of nitrogens with one attached hydrogen (secondary N) is 2. The zero-order valence-corrected chi connectivity index (χ0v) is 16.6. The van der Waals surface area contributed by atoms with E-state index in [9.17, 15) is 9.59 Å². The standard InChI is InChI=1S/C25H24N2O3/c28-24(26-17-18-27-25(29)22-9-5-2-6-10-22)16-13-20-11-14-23(15-12-20)30-19-21-7-3-1-4-8-21/h1-16H,17-19H2,(H,26,28)(H,27,29)/b16-13+. The van der Waals surface area contributed by atoms with Gasteiger partial charge in [-0.3, -0.25) is 9.59 Å². The summed E-state index contributed by atoms with van der Waals surface area (Å²) in [4.78, 5) is 23.8. The van der Waals surface area contributed by atoms with E-state index >= 15 is 0 Å². The summed E-state index contributed by atoms with van der Waals surface area (Å²) in [5.74, 6) is 0.401. The van der Waals surface area contributed by atoms with Crippen molar-refractivity contribution in [3.63, 3.8) is 0 Å². The van der Waals surface area contributed by atoms with E-state index in [1.54, 1.807) is 18.2 Å². The third kappa shape index (κ3) is 6.95. The lowest BCUT2D eigenvalue weighted by atomic mass is 10.2. The Labute approximate surface area is 176 Å². The van der Waals surface area contributed by atoms with Crippen molar-refractivity contribution >= 4 is 17.9 Å². The summed E-state index contributed by atoms with van der Waals surface area (Å²) >= 11 is 0. The Balaban J connectivity index is 1.36. The predicted octanol–water partition coefficient (Wildman–Crippen LogP) is 3.83. The van der Waals surface area contributed by atoms with Crippen LogP contribution in [0, 0.1) is 0 Å². The number of benzene rings is 3. The molecule has 0 saturated carbocycles. The Kier molecular flexibility index (Phi) is 7.80. The number of hydrogen-bond donors (Lipinski definition) is 2. The number of carbonyl (C=O) groups excluding carboxylic acids is 2. The van der Waals surface area contributed by atoms with Crippen molar-refractivity contribution in [1.29, 1.82) is 0 Å². The molecule has 152 valence electrons. The summed E-state index contributed by atoms with van der Waals surface area (Å²) in [5.41, 5.74) is 2.60. The summed E-state index contributed by atoms with van der Waals surface area (Å²) in [5, 5.41) is 5.51. The van der Waals surface area contributed by atoms with Crippen LogP contribution in [0.4, 0.5) is 0 Å². The monoisotopic (exact) mass is 400 g/mol. The molecule has 0 bridgehead atoms. The molecule has 3 rings (SSSR count). The van der Waals surface area contributed by atoms with E-state index in [0.717, 1.165) is 16.9 Å². The van der Waals surface area contributed by atoms with Gasteiger partial charge in [-0.15, -0.1) is 0 Å². The van der Waals surface area contributed by atoms with E-state index in [2.05, 4.69) is 10.6 Å². The van der Waals surface area contributed by atoms with E-state index in [4.69, 9.17) is 4.74 Å². The summed E-state index contributed by atoms with van der Waals surface area (Å²) in [6, 6.07) is 26.5. The van der Waals surface area contributed by atoms with E-state index in [1.807, 2.05) is 72.8 Å². The van der Waals surface area contributed by atoms with Gasteiger partial charge in [0.15, 0.2) is 0 Å². The van der Waals surface area contributed by atoms with Crippen molar-refractivity contribution in [3.8, 4) is 5.75 Å². The molecule has 0 atom stereocenters.